The molecule has 1 saturated heterocycles. The SMILES string of the molecule is COc1cc(OCc2cccc(-c3ccccc3)c2C)cc(OC)c1CN1CCCCC1C(C)=O. The molecule has 3 aromatic carbocycles. The summed E-state index contributed by atoms with van der Waals surface area (Å²) in [5.74, 6) is 2.33. The summed E-state index contributed by atoms with van der Waals surface area (Å²) in [7, 11) is 3.32. The smallest absolute Gasteiger partial charge is 0.146 e. The van der Waals surface area contributed by atoms with E-state index in [2.05, 4.69) is 54.3 Å². The van der Waals surface area contributed by atoms with E-state index < -0.39 is 0 Å². The van der Waals surface area contributed by atoms with Gasteiger partial charge in [0, 0.05) is 18.7 Å². The van der Waals surface area contributed by atoms with Crippen LogP contribution >= 0.6 is 0 Å². The summed E-state index contributed by atoms with van der Waals surface area (Å²) in [4.78, 5) is 14.4. The molecule has 184 valence electrons. The van der Waals surface area contributed by atoms with E-state index in [0.29, 0.717) is 30.4 Å². The van der Waals surface area contributed by atoms with E-state index in [0.717, 1.165) is 36.9 Å². The third-order valence-electron chi connectivity index (χ3n) is 6.95. The number of carbonyl (C=O) groups excluding carboxylic acids is 1. The van der Waals surface area contributed by atoms with Gasteiger partial charge in [-0.2, -0.15) is 0 Å². The van der Waals surface area contributed by atoms with Gasteiger partial charge in [0.05, 0.1) is 25.8 Å². The molecule has 0 amide bonds. The molecule has 0 aliphatic carbocycles. The van der Waals surface area contributed by atoms with Gasteiger partial charge in [-0.1, -0.05) is 55.0 Å². The molecule has 35 heavy (non-hydrogen) atoms. The van der Waals surface area contributed by atoms with Crippen LogP contribution in [0.1, 0.15) is 42.9 Å². The van der Waals surface area contributed by atoms with Crippen molar-refractivity contribution in [3.05, 3.63) is 77.4 Å². The first-order valence-corrected chi connectivity index (χ1v) is 12.3. The van der Waals surface area contributed by atoms with Crippen LogP contribution in [0, 0.1) is 6.92 Å². The maximum Gasteiger partial charge on any atom is 0.146 e. The lowest BCUT2D eigenvalue weighted by Gasteiger charge is -2.34. The summed E-state index contributed by atoms with van der Waals surface area (Å²) < 4.78 is 17.7. The van der Waals surface area contributed by atoms with Gasteiger partial charge in [0.25, 0.3) is 0 Å². The van der Waals surface area contributed by atoms with Crippen LogP contribution in [0.5, 0.6) is 17.2 Å². The highest BCUT2D eigenvalue weighted by atomic mass is 16.5. The number of hydrogen-bond acceptors (Lipinski definition) is 5. The molecular formula is C30H35NO4. The number of methoxy groups -OCH3 is 2. The second kappa shape index (κ2) is 11.4. The Balaban J connectivity index is 1.55. The van der Waals surface area contributed by atoms with E-state index >= 15 is 0 Å². The fraction of sp³-hybridized carbons (Fsp3) is 0.367. The van der Waals surface area contributed by atoms with Crippen molar-refractivity contribution in [3.8, 4) is 28.4 Å². The highest BCUT2D eigenvalue weighted by Crippen LogP contribution is 2.37. The van der Waals surface area contributed by atoms with Crippen LogP contribution in [0.3, 0.4) is 0 Å². The van der Waals surface area contributed by atoms with Crippen molar-refractivity contribution in [2.45, 2.75) is 52.3 Å². The number of piperidine rings is 1. The fourth-order valence-electron chi connectivity index (χ4n) is 4.97. The molecule has 1 atom stereocenters. The zero-order valence-corrected chi connectivity index (χ0v) is 21.2. The van der Waals surface area contributed by atoms with Crippen LogP contribution in [0.4, 0.5) is 0 Å². The first-order valence-electron chi connectivity index (χ1n) is 12.3. The summed E-state index contributed by atoms with van der Waals surface area (Å²) in [6, 6.07) is 20.5. The number of hydrogen-bond donors (Lipinski definition) is 0. The Morgan fingerprint density at radius 1 is 0.971 bits per heavy atom. The number of rotatable bonds is 9. The molecule has 5 nitrogen and oxygen atoms in total. The highest BCUT2D eigenvalue weighted by Gasteiger charge is 2.28. The van der Waals surface area contributed by atoms with Gasteiger partial charge < -0.3 is 14.2 Å². The van der Waals surface area contributed by atoms with Gasteiger partial charge in [-0.05, 0) is 55.5 Å². The molecule has 0 N–H and O–H groups in total. The van der Waals surface area contributed by atoms with Gasteiger partial charge in [0.1, 0.15) is 29.6 Å². The Bertz CT molecular complexity index is 1130. The van der Waals surface area contributed by atoms with Crippen LogP contribution in [0.25, 0.3) is 11.1 Å². The number of carbonyl (C=O) groups is 1. The lowest BCUT2D eigenvalue weighted by atomic mass is 9.97. The van der Waals surface area contributed by atoms with Crippen molar-refractivity contribution in [1.29, 1.82) is 0 Å². The van der Waals surface area contributed by atoms with Crippen LogP contribution in [-0.4, -0.2) is 37.5 Å². The van der Waals surface area contributed by atoms with Gasteiger partial charge >= 0.3 is 0 Å². The maximum absolute atomic E-state index is 12.2. The molecule has 1 aliphatic heterocycles. The number of benzene rings is 3. The van der Waals surface area contributed by atoms with Crippen molar-refractivity contribution in [1.82, 2.24) is 4.90 Å². The highest BCUT2D eigenvalue weighted by molar-refractivity contribution is 5.81. The molecule has 0 radical (unpaired) electrons. The summed E-state index contributed by atoms with van der Waals surface area (Å²) >= 11 is 0. The van der Waals surface area contributed by atoms with E-state index in [-0.39, 0.29) is 11.8 Å². The van der Waals surface area contributed by atoms with E-state index in [4.69, 9.17) is 14.2 Å². The number of Topliss-reactive ketones (excluding diaryl/α,β-unsaturated/α-hetero) is 1. The first-order chi connectivity index (χ1) is 17.0. The summed E-state index contributed by atoms with van der Waals surface area (Å²) in [5.41, 5.74) is 5.68. The van der Waals surface area contributed by atoms with E-state index in [1.54, 1.807) is 21.1 Å². The third-order valence-corrected chi connectivity index (χ3v) is 6.95. The molecule has 5 heteroatoms. The lowest BCUT2D eigenvalue weighted by molar-refractivity contribution is -0.123. The van der Waals surface area contributed by atoms with Crippen molar-refractivity contribution >= 4 is 5.78 Å². The molecule has 1 aliphatic rings. The van der Waals surface area contributed by atoms with Gasteiger partial charge in [-0.25, -0.2) is 0 Å². The minimum absolute atomic E-state index is 0.0473. The first kappa shape index (κ1) is 24.8. The predicted molar refractivity (Wildman–Crippen MR) is 139 cm³/mol. The molecular weight excluding hydrogens is 438 g/mol. The second-order valence-corrected chi connectivity index (χ2v) is 9.14. The molecule has 1 heterocycles. The quantitative estimate of drug-likeness (QED) is 0.370. The number of ketones is 1. The zero-order chi connectivity index (χ0) is 24.8. The van der Waals surface area contributed by atoms with Crippen LogP contribution < -0.4 is 14.2 Å². The second-order valence-electron chi connectivity index (χ2n) is 9.14. The van der Waals surface area contributed by atoms with E-state index in [1.165, 1.54) is 16.7 Å². The summed E-state index contributed by atoms with van der Waals surface area (Å²) in [6.45, 7) is 5.76. The Labute approximate surface area is 208 Å². The molecule has 1 unspecified atom stereocenters. The van der Waals surface area contributed by atoms with Crippen LogP contribution in [-0.2, 0) is 17.9 Å². The van der Waals surface area contributed by atoms with E-state index in [1.807, 2.05) is 18.2 Å². The third kappa shape index (κ3) is 5.68. The molecule has 0 bridgehead atoms. The molecule has 1 fully saturated rings. The molecule has 0 aromatic heterocycles. The average molecular weight is 474 g/mol. The van der Waals surface area contributed by atoms with Crippen molar-refractivity contribution in [3.63, 3.8) is 0 Å². The molecule has 0 saturated carbocycles. The Morgan fingerprint density at radius 3 is 2.34 bits per heavy atom. The molecule has 3 aromatic rings. The van der Waals surface area contributed by atoms with Crippen LogP contribution in [0.2, 0.25) is 0 Å². The minimum atomic E-state index is -0.0473. The summed E-state index contributed by atoms with van der Waals surface area (Å²) in [6.07, 6.45) is 3.09. The Morgan fingerprint density at radius 2 is 1.69 bits per heavy atom. The van der Waals surface area contributed by atoms with Gasteiger partial charge in [-0.3, -0.25) is 9.69 Å². The van der Waals surface area contributed by atoms with Gasteiger partial charge in [-0.15, -0.1) is 0 Å². The van der Waals surface area contributed by atoms with E-state index in [9.17, 15) is 4.79 Å². The summed E-state index contributed by atoms with van der Waals surface area (Å²) in [5, 5.41) is 0. The standard InChI is InChI=1S/C30H35NO4/c1-21-24(13-10-14-26(21)23-11-6-5-7-12-23)20-35-25-17-29(33-3)27(30(18-25)34-4)19-31-16-9-8-15-28(31)22(2)32/h5-7,10-14,17-18,28H,8-9,15-16,19-20H2,1-4H3. The predicted octanol–water partition coefficient (Wildman–Crippen LogP) is 6.20. The van der Waals surface area contributed by atoms with Crippen molar-refractivity contribution < 1.29 is 19.0 Å². The normalized spacial score (nSPS) is 16.1. The molecule has 4 rings (SSSR count). The average Bonchev–Trinajstić information content (AvgIpc) is 2.89. The Kier molecular flexibility index (Phi) is 8.09. The topological polar surface area (TPSA) is 48.0 Å². The Hall–Kier alpha value is -3.31. The van der Waals surface area contributed by atoms with Crippen molar-refractivity contribution in [2.75, 3.05) is 20.8 Å². The maximum atomic E-state index is 12.2. The number of likely N-dealkylation sites (tertiary alicyclic amines) is 1. The lowest BCUT2D eigenvalue weighted by Crippen LogP contribution is -2.43. The molecule has 0 spiro atoms. The van der Waals surface area contributed by atoms with Gasteiger partial charge in [0.15, 0.2) is 0 Å². The minimum Gasteiger partial charge on any atom is -0.496 e. The zero-order valence-electron chi connectivity index (χ0n) is 21.2. The number of ether oxygens (including phenoxy) is 3. The fourth-order valence-corrected chi connectivity index (χ4v) is 4.97. The monoisotopic (exact) mass is 473 g/mol. The van der Waals surface area contributed by atoms with Gasteiger partial charge in [0.2, 0.25) is 0 Å². The largest absolute Gasteiger partial charge is 0.496 e. The van der Waals surface area contributed by atoms with Crippen LogP contribution in [0.15, 0.2) is 60.7 Å². The number of nitrogens with zero attached hydrogens (tertiary/aromatic N) is 1. The van der Waals surface area contributed by atoms with Crippen molar-refractivity contribution in [2.24, 2.45) is 0 Å².